The summed E-state index contributed by atoms with van der Waals surface area (Å²) in [6, 6.07) is 0. The van der Waals surface area contributed by atoms with Gasteiger partial charge in [0.2, 0.25) is 0 Å². The second kappa shape index (κ2) is 3.78. The summed E-state index contributed by atoms with van der Waals surface area (Å²) in [5, 5.41) is 10.3. The van der Waals surface area contributed by atoms with E-state index in [1.165, 1.54) is 0 Å². The smallest absolute Gasteiger partial charge is 0.0693 e. The van der Waals surface area contributed by atoms with E-state index in [9.17, 15) is 5.11 Å². The van der Waals surface area contributed by atoms with Gasteiger partial charge in [-0.05, 0) is 24.7 Å². The van der Waals surface area contributed by atoms with Crippen LogP contribution in [0.25, 0.3) is 0 Å². The molecule has 0 aliphatic rings. The van der Waals surface area contributed by atoms with Crippen molar-refractivity contribution in [3.05, 3.63) is 0 Å². The van der Waals surface area contributed by atoms with Gasteiger partial charge in [0, 0.05) is 0 Å². The van der Waals surface area contributed by atoms with Gasteiger partial charge in [-0.2, -0.15) is 0 Å². The van der Waals surface area contributed by atoms with Crippen LogP contribution in [0.1, 0.15) is 54.4 Å². The first-order valence-corrected chi connectivity index (χ1v) is 4.98. The third-order valence-electron chi connectivity index (χ3n) is 3.37. The van der Waals surface area contributed by atoms with Crippen LogP contribution in [0.5, 0.6) is 0 Å². The molecule has 0 aromatic carbocycles. The largest absolute Gasteiger partial charge is 0.389 e. The average Bonchev–Trinajstić information content (AvgIpc) is 1.86. The van der Waals surface area contributed by atoms with Crippen LogP contribution in [0.15, 0.2) is 0 Å². The Labute approximate surface area is 77.2 Å². The van der Waals surface area contributed by atoms with Gasteiger partial charge in [0.15, 0.2) is 0 Å². The summed E-state index contributed by atoms with van der Waals surface area (Å²) in [4.78, 5) is 0. The Morgan fingerprint density at radius 3 is 1.83 bits per heavy atom. The van der Waals surface area contributed by atoms with Crippen LogP contribution in [-0.4, -0.2) is 10.7 Å². The van der Waals surface area contributed by atoms with Crippen molar-refractivity contribution in [2.45, 2.75) is 60.0 Å². The predicted octanol–water partition coefficient (Wildman–Crippen LogP) is 3.22. The Hall–Kier alpha value is -0.0400. The molecule has 0 aliphatic carbocycles. The molecule has 0 heterocycles. The molecule has 0 rings (SSSR count). The van der Waals surface area contributed by atoms with Gasteiger partial charge in [-0.15, -0.1) is 0 Å². The third-order valence-corrected chi connectivity index (χ3v) is 3.37. The summed E-state index contributed by atoms with van der Waals surface area (Å²) < 4.78 is 0. The molecule has 0 saturated carbocycles. The molecule has 12 heavy (non-hydrogen) atoms. The summed E-state index contributed by atoms with van der Waals surface area (Å²) in [5.41, 5.74) is -0.529. The molecule has 0 saturated heterocycles. The van der Waals surface area contributed by atoms with E-state index >= 15 is 0 Å². The molecule has 1 N–H and O–H groups in total. The fourth-order valence-corrected chi connectivity index (χ4v) is 1.66. The van der Waals surface area contributed by atoms with Crippen LogP contribution < -0.4 is 0 Å². The van der Waals surface area contributed by atoms with Crippen molar-refractivity contribution in [1.29, 1.82) is 0 Å². The highest BCUT2D eigenvalue weighted by molar-refractivity contribution is 4.91. The second-order valence-corrected chi connectivity index (χ2v) is 4.94. The van der Waals surface area contributed by atoms with E-state index in [0.717, 1.165) is 12.8 Å². The molecule has 0 aliphatic heterocycles. The maximum atomic E-state index is 10.3. The zero-order chi connectivity index (χ0) is 9.99. The Kier molecular flexibility index (Phi) is 3.77. The SMILES string of the molecule is CCCC(C)(C)C(C)(O)C(C)C. The van der Waals surface area contributed by atoms with Gasteiger partial charge in [-0.25, -0.2) is 0 Å². The molecule has 1 atom stereocenters. The highest BCUT2D eigenvalue weighted by atomic mass is 16.3. The first-order chi connectivity index (χ1) is 5.25. The zero-order valence-electron chi connectivity index (χ0n) is 9.44. The normalized spacial score (nSPS) is 18.0. The van der Waals surface area contributed by atoms with E-state index in [1.54, 1.807) is 0 Å². The fraction of sp³-hybridized carbons (Fsp3) is 1.00. The molecule has 0 radical (unpaired) electrons. The van der Waals surface area contributed by atoms with Crippen LogP contribution in [0.4, 0.5) is 0 Å². The minimum Gasteiger partial charge on any atom is -0.389 e. The van der Waals surface area contributed by atoms with Gasteiger partial charge in [-0.1, -0.05) is 41.0 Å². The van der Waals surface area contributed by atoms with Crippen molar-refractivity contribution in [3.8, 4) is 0 Å². The Morgan fingerprint density at radius 2 is 1.58 bits per heavy atom. The third kappa shape index (κ3) is 2.22. The van der Waals surface area contributed by atoms with E-state index in [4.69, 9.17) is 0 Å². The van der Waals surface area contributed by atoms with Gasteiger partial charge in [0.25, 0.3) is 0 Å². The number of aliphatic hydroxyl groups is 1. The lowest BCUT2D eigenvalue weighted by Crippen LogP contribution is -2.46. The van der Waals surface area contributed by atoms with Crippen LogP contribution in [0.2, 0.25) is 0 Å². The minimum absolute atomic E-state index is 0.0237. The molecule has 0 aromatic heterocycles. The van der Waals surface area contributed by atoms with Crippen molar-refractivity contribution in [2.24, 2.45) is 11.3 Å². The molecule has 0 spiro atoms. The maximum absolute atomic E-state index is 10.3. The van der Waals surface area contributed by atoms with Gasteiger partial charge < -0.3 is 5.11 Å². The van der Waals surface area contributed by atoms with Crippen LogP contribution in [0, 0.1) is 11.3 Å². The number of rotatable bonds is 4. The quantitative estimate of drug-likeness (QED) is 0.690. The summed E-state index contributed by atoms with van der Waals surface area (Å²) in [5.74, 6) is 0.319. The van der Waals surface area contributed by atoms with E-state index in [1.807, 2.05) is 6.92 Å². The molecular formula is C11H24O. The van der Waals surface area contributed by atoms with E-state index in [-0.39, 0.29) is 5.41 Å². The summed E-state index contributed by atoms with van der Waals surface area (Å²) in [6.07, 6.45) is 2.22. The monoisotopic (exact) mass is 172 g/mol. The number of hydrogen-bond acceptors (Lipinski definition) is 1. The molecule has 0 bridgehead atoms. The lowest BCUT2D eigenvalue weighted by Gasteiger charge is -2.43. The summed E-state index contributed by atoms with van der Waals surface area (Å²) in [7, 11) is 0. The van der Waals surface area contributed by atoms with Gasteiger partial charge >= 0.3 is 0 Å². The molecule has 1 nitrogen and oxygen atoms in total. The molecule has 74 valence electrons. The molecule has 1 unspecified atom stereocenters. The van der Waals surface area contributed by atoms with Gasteiger partial charge in [0.05, 0.1) is 5.60 Å². The fourth-order valence-electron chi connectivity index (χ4n) is 1.66. The Bertz CT molecular complexity index is 134. The minimum atomic E-state index is -0.553. The van der Waals surface area contributed by atoms with E-state index < -0.39 is 5.60 Å². The maximum Gasteiger partial charge on any atom is 0.0693 e. The second-order valence-electron chi connectivity index (χ2n) is 4.94. The standard InChI is InChI=1S/C11H24O/c1-7-8-10(4,5)11(6,12)9(2)3/h9,12H,7-8H2,1-6H3. The molecule has 0 aromatic rings. The van der Waals surface area contributed by atoms with Crippen molar-refractivity contribution in [2.75, 3.05) is 0 Å². The average molecular weight is 172 g/mol. The lowest BCUT2D eigenvalue weighted by atomic mass is 9.68. The van der Waals surface area contributed by atoms with Gasteiger partial charge in [-0.3, -0.25) is 0 Å². The van der Waals surface area contributed by atoms with Crippen molar-refractivity contribution in [1.82, 2.24) is 0 Å². The predicted molar refractivity (Wildman–Crippen MR) is 54.2 cm³/mol. The lowest BCUT2D eigenvalue weighted by molar-refractivity contribution is -0.0911. The zero-order valence-corrected chi connectivity index (χ0v) is 9.44. The first-order valence-electron chi connectivity index (χ1n) is 4.98. The summed E-state index contributed by atoms with van der Waals surface area (Å²) in [6.45, 7) is 12.6. The van der Waals surface area contributed by atoms with Crippen molar-refractivity contribution in [3.63, 3.8) is 0 Å². The van der Waals surface area contributed by atoms with Crippen LogP contribution in [-0.2, 0) is 0 Å². The first kappa shape index (κ1) is 12.0. The molecule has 0 fully saturated rings. The number of hydrogen-bond donors (Lipinski definition) is 1. The van der Waals surface area contributed by atoms with E-state index in [2.05, 4.69) is 34.6 Å². The van der Waals surface area contributed by atoms with Crippen LogP contribution >= 0.6 is 0 Å². The molecular weight excluding hydrogens is 148 g/mol. The van der Waals surface area contributed by atoms with E-state index in [0.29, 0.717) is 5.92 Å². The highest BCUT2D eigenvalue weighted by Crippen LogP contribution is 2.39. The highest BCUT2D eigenvalue weighted by Gasteiger charge is 2.40. The Balaban J connectivity index is 4.50. The van der Waals surface area contributed by atoms with Crippen molar-refractivity contribution < 1.29 is 5.11 Å². The summed E-state index contributed by atoms with van der Waals surface area (Å²) >= 11 is 0. The topological polar surface area (TPSA) is 20.2 Å². The molecule has 0 amide bonds. The Morgan fingerprint density at radius 1 is 1.17 bits per heavy atom. The molecule has 1 heteroatoms. The van der Waals surface area contributed by atoms with Crippen molar-refractivity contribution >= 4 is 0 Å². The van der Waals surface area contributed by atoms with Crippen LogP contribution in [0.3, 0.4) is 0 Å². The van der Waals surface area contributed by atoms with Gasteiger partial charge in [0.1, 0.15) is 0 Å².